The maximum absolute atomic E-state index is 12.5. The van der Waals surface area contributed by atoms with Crippen LogP contribution in [0.1, 0.15) is 65.7 Å². The van der Waals surface area contributed by atoms with E-state index in [4.69, 9.17) is 9.47 Å². The largest absolute Gasteiger partial charge is 0.454 e. The molecule has 0 spiro atoms. The minimum absolute atomic E-state index is 0.0271. The highest BCUT2D eigenvalue weighted by molar-refractivity contribution is 5.98. The third kappa shape index (κ3) is 4.03. The van der Waals surface area contributed by atoms with Crippen LogP contribution in [-0.4, -0.2) is 18.5 Å². The fraction of sp³-hybridized carbons (Fsp3) is 0.391. The molecule has 0 fully saturated rings. The summed E-state index contributed by atoms with van der Waals surface area (Å²) in [6.07, 6.45) is 4.96. The van der Waals surface area contributed by atoms with Crippen LogP contribution in [0.25, 0.3) is 0 Å². The lowest BCUT2D eigenvalue weighted by Gasteiger charge is -2.16. The molecule has 1 heterocycles. The van der Waals surface area contributed by atoms with E-state index in [9.17, 15) is 9.59 Å². The van der Waals surface area contributed by atoms with Gasteiger partial charge in [-0.05, 0) is 67.5 Å². The molecule has 4 rings (SSSR count). The van der Waals surface area contributed by atoms with Crippen molar-refractivity contribution in [3.8, 4) is 11.5 Å². The molecule has 0 radical (unpaired) electrons. The second-order valence-electron chi connectivity index (χ2n) is 7.52. The van der Waals surface area contributed by atoms with Gasteiger partial charge in [0.1, 0.15) is 0 Å². The summed E-state index contributed by atoms with van der Waals surface area (Å²) in [5.74, 6) is 1.31. The van der Waals surface area contributed by atoms with Crippen LogP contribution in [0, 0.1) is 0 Å². The van der Waals surface area contributed by atoms with E-state index in [1.807, 2.05) is 37.3 Å². The summed E-state index contributed by atoms with van der Waals surface area (Å²) in [5.41, 5.74) is 4.31. The molecule has 146 valence electrons. The lowest BCUT2D eigenvalue weighted by Crippen LogP contribution is -2.27. The van der Waals surface area contributed by atoms with Gasteiger partial charge in [0.15, 0.2) is 17.3 Å². The zero-order chi connectivity index (χ0) is 19.5. The first-order valence-corrected chi connectivity index (χ1v) is 9.94. The van der Waals surface area contributed by atoms with Crippen molar-refractivity contribution in [2.75, 3.05) is 6.79 Å². The number of ether oxygens (including phenoxy) is 2. The van der Waals surface area contributed by atoms with Crippen LogP contribution < -0.4 is 14.8 Å². The number of ketones is 1. The van der Waals surface area contributed by atoms with Crippen molar-refractivity contribution < 1.29 is 19.1 Å². The highest BCUT2D eigenvalue weighted by Crippen LogP contribution is 2.34. The van der Waals surface area contributed by atoms with E-state index in [1.54, 1.807) is 0 Å². The number of fused-ring (bicyclic) bond motifs is 2. The third-order valence-electron chi connectivity index (χ3n) is 5.52. The molecule has 0 saturated heterocycles. The molecule has 1 amide bonds. The first-order valence-electron chi connectivity index (χ1n) is 9.94. The summed E-state index contributed by atoms with van der Waals surface area (Å²) in [6, 6.07) is 11.5. The van der Waals surface area contributed by atoms with Crippen LogP contribution in [0.15, 0.2) is 36.4 Å². The fourth-order valence-electron chi connectivity index (χ4n) is 3.86. The Morgan fingerprint density at radius 1 is 0.964 bits per heavy atom. The molecule has 1 atom stereocenters. The normalized spacial score (nSPS) is 15.6. The molecule has 28 heavy (non-hydrogen) atoms. The molecule has 1 N–H and O–H groups in total. The number of amides is 1. The fourth-order valence-corrected chi connectivity index (χ4v) is 3.86. The Morgan fingerprint density at radius 2 is 1.75 bits per heavy atom. The van der Waals surface area contributed by atoms with Crippen molar-refractivity contribution >= 4 is 11.7 Å². The zero-order valence-corrected chi connectivity index (χ0v) is 16.1. The Labute approximate surface area is 165 Å². The number of Topliss-reactive ketones (excluding diaryl/α,β-unsaturated/α-hetero) is 1. The van der Waals surface area contributed by atoms with Crippen molar-refractivity contribution in [3.05, 3.63) is 58.7 Å². The van der Waals surface area contributed by atoms with E-state index >= 15 is 0 Å². The Bertz CT molecular complexity index is 905. The molecule has 1 aliphatic carbocycles. The molecule has 2 aromatic carbocycles. The minimum atomic E-state index is -0.166. The monoisotopic (exact) mass is 379 g/mol. The SMILES string of the molecule is CC(NC(=O)CCC(=O)c1ccc2c(c1)CCCC2)c1ccc2c(c1)OCO2. The van der Waals surface area contributed by atoms with Crippen LogP contribution in [-0.2, 0) is 17.6 Å². The van der Waals surface area contributed by atoms with Gasteiger partial charge in [0.2, 0.25) is 12.7 Å². The van der Waals surface area contributed by atoms with Gasteiger partial charge in [-0.2, -0.15) is 0 Å². The van der Waals surface area contributed by atoms with E-state index in [1.165, 1.54) is 24.0 Å². The molecular weight excluding hydrogens is 354 g/mol. The number of aryl methyl sites for hydroxylation is 2. The number of benzene rings is 2. The van der Waals surface area contributed by atoms with Gasteiger partial charge in [-0.1, -0.05) is 18.2 Å². The van der Waals surface area contributed by atoms with E-state index in [0.29, 0.717) is 5.75 Å². The first-order chi connectivity index (χ1) is 13.6. The summed E-state index contributed by atoms with van der Waals surface area (Å²) >= 11 is 0. The van der Waals surface area contributed by atoms with Gasteiger partial charge < -0.3 is 14.8 Å². The predicted molar refractivity (Wildman–Crippen MR) is 106 cm³/mol. The second kappa shape index (κ2) is 8.05. The van der Waals surface area contributed by atoms with Crippen LogP contribution in [0.2, 0.25) is 0 Å². The van der Waals surface area contributed by atoms with Gasteiger partial charge in [0.05, 0.1) is 6.04 Å². The summed E-state index contributed by atoms with van der Waals surface area (Å²) in [4.78, 5) is 24.8. The number of nitrogens with one attached hydrogen (secondary N) is 1. The number of rotatable bonds is 6. The van der Waals surface area contributed by atoms with E-state index in [0.717, 1.165) is 29.7 Å². The smallest absolute Gasteiger partial charge is 0.231 e. The number of hydrogen-bond acceptors (Lipinski definition) is 4. The van der Waals surface area contributed by atoms with Crippen LogP contribution in [0.3, 0.4) is 0 Å². The maximum Gasteiger partial charge on any atom is 0.231 e. The molecule has 5 nitrogen and oxygen atoms in total. The van der Waals surface area contributed by atoms with Gasteiger partial charge in [0, 0.05) is 18.4 Å². The molecule has 0 bridgehead atoms. The van der Waals surface area contributed by atoms with Crippen molar-refractivity contribution in [2.45, 2.75) is 51.5 Å². The Kier molecular flexibility index (Phi) is 5.33. The minimum Gasteiger partial charge on any atom is -0.454 e. The summed E-state index contributed by atoms with van der Waals surface area (Å²) in [5, 5.41) is 2.96. The van der Waals surface area contributed by atoms with Crippen molar-refractivity contribution in [3.63, 3.8) is 0 Å². The van der Waals surface area contributed by atoms with E-state index in [2.05, 4.69) is 11.4 Å². The Balaban J connectivity index is 1.31. The lowest BCUT2D eigenvalue weighted by atomic mass is 9.89. The van der Waals surface area contributed by atoms with Crippen molar-refractivity contribution in [1.82, 2.24) is 5.32 Å². The zero-order valence-electron chi connectivity index (χ0n) is 16.1. The Morgan fingerprint density at radius 3 is 2.61 bits per heavy atom. The van der Waals surface area contributed by atoms with Crippen LogP contribution >= 0.6 is 0 Å². The average Bonchev–Trinajstić information content (AvgIpc) is 3.19. The van der Waals surface area contributed by atoms with E-state index in [-0.39, 0.29) is 37.4 Å². The molecule has 1 unspecified atom stereocenters. The standard InChI is InChI=1S/C23H25NO4/c1-15(17-8-10-21-22(13-17)28-14-27-21)24-23(26)11-9-20(25)19-7-6-16-4-2-3-5-18(16)12-19/h6-8,10,12-13,15H,2-5,9,11,14H2,1H3,(H,24,26). The van der Waals surface area contributed by atoms with Gasteiger partial charge in [-0.3, -0.25) is 9.59 Å². The first kappa shape index (κ1) is 18.5. The summed E-state index contributed by atoms with van der Waals surface area (Å²) in [7, 11) is 0. The highest BCUT2D eigenvalue weighted by atomic mass is 16.7. The lowest BCUT2D eigenvalue weighted by molar-refractivity contribution is -0.121. The molecule has 5 heteroatoms. The molecule has 0 aromatic heterocycles. The number of hydrogen-bond donors (Lipinski definition) is 1. The van der Waals surface area contributed by atoms with Gasteiger partial charge in [0.25, 0.3) is 0 Å². The Hall–Kier alpha value is -2.82. The topological polar surface area (TPSA) is 64.6 Å². The molecule has 1 aliphatic heterocycles. The third-order valence-corrected chi connectivity index (χ3v) is 5.52. The van der Waals surface area contributed by atoms with Gasteiger partial charge in [-0.15, -0.1) is 0 Å². The quantitative estimate of drug-likeness (QED) is 0.767. The van der Waals surface area contributed by atoms with Crippen LogP contribution in [0.5, 0.6) is 11.5 Å². The number of carbonyl (C=O) groups is 2. The maximum atomic E-state index is 12.5. The molecule has 0 saturated carbocycles. The highest BCUT2D eigenvalue weighted by Gasteiger charge is 2.18. The molecular formula is C23H25NO4. The van der Waals surface area contributed by atoms with Crippen LogP contribution in [0.4, 0.5) is 0 Å². The molecule has 2 aliphatic rings. The summed E-state index contributed by atoms with van der Waals surface area (Å²) in [6.45, 7) is 2.14. The predicted octanol–water partition coefficient (Wildman–Crippen LogP) is 4.13. The van der Waals surface area contributed by atoms with E-state index < -0.39 is 0 Å². The summed E-state index contributed by atoms with van der Waals surface area (Å²) < 4.78 is 10.7. The van der Waals surface area contributed by atoms with Crippen molar-refractivity contribution in [2.24, 2.45) is 0 Å². The second-order valence-corrected chi connectivity index (χ2v) is 7.52. The average molecular weight is 379 g/mol. The van der Waals surface area contributed by atoms with Crippen molar-refractivity contribution in [1.29, 1.82) is 0 Å². The molecule has 2 aromatic rings. The van der Waals surface area contributed by atoms with Gasteiger partial charge >= 0.3 is 0 Å². The number of carbonyl (C=O) groups excluding carboxylic acids is 2. The van der Waals surface area contributed by atoms with Gasteiger partial charge in [-0.25, -0.2) is 0 Å².